The number of rotatable bonds is 0. The number of fused-ring (bicyclic) bond motifs is 2. The Morgan fingerprint density at radius 1 is 1.47 bits per heavy atom. The van der Waals surface area contributed by atoms with E-state index in [2.05, 4.69) is 4.98 Å². The summed E-state index contributed by atoms with van der Waals surface area (Å²) in [7, 11) is 0. The van der Waals surface area contributed by atoms with Gasteiger partial charge in [0.1, 0.15) is 12.4 Å². The Morgan fingerprint density at radius 3 is 3.12 bits per heavy atom. The molecule has 1 aromatic carbocycles. The van der Waals surface area contributed by atoms with Crippen LogP contribution >= 0.6 is 0 Å². The highest BCUT2D eigenvalue weighted by atomic mass is 16.5. The third-order valence-corrected chi connectivity index (χ3v) is 3.16. The van der Waals surface area contributed by atoms with Crippen LogP contribution in [-0.2, 0) is 6.42 Å². The van der Waals surface area contributed by atoms with Crippen LogP contribution in [0.3, 0.4) is 0 Å². The van der Waals surface area contributed by atoms with Crippen LogP contribution in [0.25, 0.3) is 10.9 Å². The Morgan fingerprint density at radius 2 is 2.29 bits per heavy atom. The van der Waals surface area contributed by atoms with Crippen molar-refractivity contribution in [2.75, 3.05) is 6.61 Å². The average molecular weight is 231 g/mol. The number of aryl methyl sites for hydroxylation is 1. The lowest BCUT2D eigenvalue weighted by Crippen LogP contribution is -2.26. The molecule has 2 N–H and O–H groups in total. The summed E-state index contributed by atoms with van der Waals surface area (Å²) >= 11 is 0. The molecule has 1 unspecified atom stereocenters. The Bertz CT molecular complexity index is 645. The second-order valence-corrected chi connectivity index (χ2v) is 4.45. The monoisotopic (exact) mass is 231 g/mol. The van der Waals surface area contributed by atoms with Crippen LogP contribution in [0.15, 0.2) is 23.0 Å². The Kier molecular flexibility index (Phi) is 2.19. The van der Waals surface area contributed by atoms with Gasteiger partial charge in [0, 0.05) is 18.1 Å². The zero-order chi connectivity index (χ0) is 12.0. The van der Waals surface area contributed by atoms with Crippen molar-refractivity contribution in [2.24, 2.45) is 0 Å². The van der Waals surface area contributed by atoms with Crippen molar-refractivity contribution in [3.05, 3.63) is 39.7 Å². The first kappa shape index (κ1) is 10.4. The molecule has 0 radical (unpaired) electrons. The molecule has 4 heteroatoms. The van der Waals surface area contributed by atoms with E-state index in [1.165, 1.54) is 6.07 Å². The van der Waals surface area contributed by atoms with E-state index in [-0.39, 0.29) is 5.56 Å². The van der Waals surface area contributed by atoms with E-state index in [1.807, 2.05) is 13.0 Å². The standard InChI is InChI=1S/C13H13NO3/c1-7-12-8(2-3-11(16)14-12)4-9-5-10(15)6-17-13(7)9/h2-4,10,15H,5-6H2,1H3,(H,14,16). The van der Waals surface area contributed by atoms with Crippen LogP contribution < -0.4 is 10.3 Å². The number of aliphatic hydroxyl groups excluding tert-OH is 1. The van der Waals surface area contributed by atoms with Crippen molar-refractivity contribution in [3.63, 3.8) is 0 Å². The summed E-state index contributed by atoms with van der Waals surface area (Å²) in [5, 5.41) is 10.6. The van der Waals surface area contributed by atoms with Gasteiger partial charge in [-0.25, -0.2) is 0 Å². The molecule has 4 nitrogen and oxygen atoms in total. The fourth-order valence-electron chi connectivity index (χ4n) is 2.37. The maximum Gasteiger partial charge on any atom is 0.248 e. The highest BCUT2D eigenvalue weighted by Crippen LogP contribution is 2.33. The van der Waals surface area contributed by atoms with Gasteiger partial charge in [-0.1, -0.05) is 0 Å². The first-order valence-electron chi connectivity index (χ1n) is 5.61. The minimum Gasteiger partial charge on any atom is -0.490 e. The first-order chi connectivity index (χ1) is 8.15. The predicted octanol–water partition coefficient (Wildman–Crippen LogP) is 1.13. The summed E-state index contributed by atoms with van der Waals surface area (Å²) < 4.78 is 5.54. The molecule has 88 valence electrons. The minimum absolute atomic E-state index is 0.114. The van der Waals surface area contributed by atoms with Crippen LogP contribution in [0.1, 0.15) is 11.1 Å². The summed E-state index contributed by atoms with van der Waals surface area (Å²) in [6.07, 6.45) is 0.160. The number of pyridine rings is 1. The summed E-state index contributed by atoms with van der Waals surface area (Å²) in [5.41, 5.74) is 2.63. The molecule has 1 atom stereocenters. The third-order valence-electron chi connectivity index (χ3n) is 3.16. The second kappa shape index (κ2) is 3.60. The van der Waals surface area contributed by atoms with Crippen molar-refractivity contribution < 1.29 is 9.84 Å². The molecule has 2 heterocycles. The summed E-state index contributed by atoms with van der Waals surface area (Å²) in [6, 6.07) is 5.27. The van der Waals surface area contributed by atoms with Crippen molar-refractivity contribution in [1.82, 2.24) is 4.98 Å². The Balaban J connectivity index is 2.32. The van der Waals surface area contributed by atoms with E-state index in [0.29, 0.717) is 13.0 Å². The van der Waals surface area contributed by atoms with Gasteiger partial charge in [-0.3, -0.25) is 4.79 Å². The fourth-order valence-corrected chi connectivity index (χ4v) is 2.37. The number of hydrogen-bond donors (Lipinski definition) is 2. The summed E-state index contributed by atoms with van der Waals surface area (Å²) in [5.74, 6) is 0.796. The van der Waals surface area contributed by atoms with E-state index in [4.69, 9.17) is 4.74 Å². The quantitative estimate of drug-likeness (QED) is 0.714. The minimum atomic E-state index is -0.442. The number of hydrogen-bond acceptors (Lipinski definition) is 3. The Hall–Kier alpha value is -1.81. The van der Waals surface area contributed by atoms with Crippen LogP contribution in [-0.4, -0.2) is 22.8 Å². The molecule has 0 fully saturated rings. The predicted molar refractivity (Wildman–Crippen MR) is 64.5 cm³/mol. The molecule has 17 heavy (non-hydrogen) atoms. The molecule has 0 spiro atoms. The molecule has 0 aliphatic carbocycles. The van der Waals surface area contributed by atoms with E-state index >= 15 is 0 Å². The molecule has 0 amide bonds. The smallest absolute Gasteiger partial charge is 0.248 e. The number of aliphatic hydroxyl groups is 1. The topological polar surface area (TPSA) is 62.3 Å². The van der Waals surface area contributed by atoms with Crippen molar-refractivity contribution >= 4 is 10.9 Å². The SMILES string of the molecule is Cc1c2c(cc3ccc(=O)[nH]c13)CC(O)CO2. The van der Waals surface area contributed by atoms with E-state index < -0.39 is 6.10 Å². The lowest BCUT2D eigenvalue weighted by Gasteiger charge is -2.24. The normalized spacial score (nSPS) is 18.8. The molecule has 2 aromatic rings. The van der Waals surface area contributed by atoms with Crippen LogP contribution in [0, 0.1) is 6.92 Å². The maximum absolute atomic E-state index is 11.3. The molecular weight excluding hydrogens is 218 g/mol. The number of benzene rings is 1. The first-order valence-corrected chi connectivity index (χ1v) is 5.61. The average Bonchev–Trinajstić information content (AvgIpc) is 2.30. The van der Waals surface area contributed by atoms with Crippen molar-refractivity contribution in [3.8, 4) is 5.75 Å². The van der Waals surface area contributed by atoms with Gasteiger partial charge in [0.25, 0.3) is 0 Å². The van der Waals surface area contributed by atoms with Gasteiger partial charge in [0.15, 0.2) is 0 Å². The van der Waals surface area contributed by atoms with Gasteiger partial charge in [0.2, 0.25) is 5.56 Å². The van der Waals surface area contributed by atoms with Crippen molar-refractivity contribution in [1.29, 1.82) is 0 Å². The van der Waals surface area contributed by atoms with Gasteiger partial charge in [-0.05, 0) is 30.0 Å². The van der Waals surface area contributed by atoms with Gasteiger partial charge in [-0.15, -0.1) is 0 Å². The van der Waals surface area contributed by atoms with E-state index in [1.54, 1.807) is 6.07 Å². The summed E-state index contributed by atoms with van der Waals surface area (Å²) in [4.78, 5) is 14.1. The zero-order valence-corrected chi connectivity index (χ0v) is 9.49. The fraction of sp³-hybridized carbons (Fsp3) is 0.308. The number of H-pyrrole nitrogens is 1. The number of nitrogens with one attached hydrogen (secondary N) is 1. The molecule has 0 bridgehead atoms. The van der Waals surface area contributed by atoms with Crippen LogP contribution in [0.5, 0.6) is 5.75 Å². The third kappa shape index (κ3) is 1.61. The maximum atomic E-state index is 11.3. The summed E-state index contributed by atoms with van der Waals surface area (Å²) in [6.45, 7) is 2.24. The molecule has 1 aromatic heterocycles. The Labute approximate surface area is 97.9 Å². The molecule has 0 saturated carbocycles. The highest BCUT2D eigenvalue weighted by Gasteiger charge is 2.21. The molecule has 1 aliphatic rings. The van der Waals surface area contributed by atoms with Gasteiger partial charge in [0.05, 0.1) is 11.6 Å². The van der Waals surface area contributed by atoms with Crippen molar-refractivity contribution in [2.45, 2.75) is 19.4 Å². The van der Waals surface area contributed by atoms with Gasteiger partial charge < -0.3 is 14.8 Å². The molecule has 1 aliphatic heterocycles. The zero-order valence-electron chi connectivity index (χ0n) is 9.49. The lowest BCUT2D eigenvalue weighted by atomic mass is 9.98. The van der Waals surface area contributed by atoms with E-state index in [9.17, 15) is 9.90 Å². The van der Waals surface area contributed by atoms with Crippen LogP contribution in [0.2, 0.25) is 0 Å². The molecular formula is C13H13NO3. The van der Waals surface area contributed by atoms with Gasteiger partial charge >= 0.3 is 0 Å². The van der Waals surface area contributed by atoms with Gasteiger partial charge in [-0.2, -0.15) is 0 Å². The number of aromatic amines is 1. The van der Waals surface area contributed by atoms with E-state index in [0.717, 1.165) is 27.8 Å². The second-order valence-electron chi connectivity index (χ2n) is 4.45. The molecule has 0 saturated heterocycles. The number of aromatic nitrogens is 1. The van der Waals surface area contributed by atoms with Crippen LogP contribution in [0.4, 0.5) is 0 Å². The lowest BCUT2D eigenvalue weighted by molar-refractivity contribution is 0.0918. The highest BCUT2D eigenvalue weighted by molar-refractivity contribution is 5.85. The largest absolute Gasteiger partial charge is 0.490 e. The molecule has 3 rings (SSSR count). The number of ether oxygens (including phenoxy) is 1.